The Balaban J connectivity index is 2.19. The molecule has 4 nitrogen and oxygen atoms in total. The molecule has 2 rings (SSSR count). The highest BCUT2D eigenvalue weighted by Gasteiger charge is 2.18. The van der Waals surface area contributed by atoms with Gasteiger partial charge in [-0.05, 0) is 29.8 Å². The first-order valence-corrected chi connectivity index (χ1v) is 7.25. The van der Waals surface area contributed by atoms with Gasteiger partial charge in [0, 0.05) is 16.6 Å². The normalized spacial score (nSPS) is 10.2. The Labute approximate surface area is 138 Å². The fourth-order valence-electron chi connectivity index (χ4n) is 2.00. The lowest BCUT2D eigenvalue weighted by atomic mass is 10.1. The first-order chi connectivity index (χ1) is 10.6. The van der Waals surface area contributed by atoms with E-state index < -0.39 is 0 Å². The molecule has 116 valence electrons. The minimum absolute atomic E-state index is 0.274. The Bertz CT molecular complexity index is 667. The van der Waals surface area contributed by atoms with Crippen molar-refractivity contribution >= 4 is 29.1 Å². The van der Waals surface area contributed by atoms with E-state index in [-0.39, 0.29) is 12.5 Å². The molecular formula is C16H15Cl2NO3. The number of hydrogen-bond acceptors (Lipinski definition) is 3. The third kappa shape index (κ3) is 3.64. The molecule has 0 saturated heterocycles. The van der Waals surface area contributed by atoms with E-state index in [9.17, 15) is 4.79 Å². The molecule has 0 aliphatic heterocycles. The Morgan fingerprint density at radius 3 is 2.27 bits per heavy atom. The van der Waals surface area contributed by atoms with Crippen LogP contribution in [0.2, 0.25) is 10.0 Å². The molecule has 0 atom stereocenters. The van der Waals surface area contributed by atoms with Crippen molar-refractivity contribution in [3.8, 4) is 11.5 Å². The molecule has 1 amide bonds. The molecule has 0 heterocycles. The zero-order valence-corrected chi connectivity index (χ0v) is 13.7. The highest BCUT2D eigenvalue weighted by molar-refractivity contribution is 6.35. The van der Waals surface area contributed by atoms with Crippen molar-refractivity contribution in [2.75, 3.05) is 14.2 Å². The molecule has 6 heteroatoms. The van der Waals surface area contributed by atoms with Crippen LogP contribution in [0.3, 0.4) is 0 Å². The van der Waals surface area contributed by atoms with Gasteiger partial charge in [0.15, 0.2) is 0 Å². The molecule has 0 radical (unpaired) electrons. The number of carbonyl (C=O) groups excluding carboxylic acids is 1. The maximum Gasteiger partial charge on any atom is 0.259 e. The largest absolute Gasteiger partial charge is 0.496 e. The number of methoxy groups -OCH3 is 2. The van der Waals surface area contributed by atoms with Crippen molar-refractivity contribution in [1.82, 2.24) is 5.32 Å². The molecule has 2 aromatic rings. The predicted octanol–water partition coefficient (Wildman–Crippen LogP) is 3.94. The topological polar surface area (TPSA) is 47.6 Å². The van der Waals surface area contributed by atoms with E-state index >= 15 is 0 Å². The van der Waals surface area contributed by atoms with Gasteiger partial charge in [-0.1, -0.05) is 35.3 Å². The van der Waals surface area contributed by atoms with Crippen molar-refractivity contribution < 1.29 is 14.3 Å². The molecule has 0 saturated carbocycles. The SMILES string of the molecule is COc1cccc(OC)c1C(=O)NCc1ccc(Cl)cc1Cl. The van der Waals surface area contributed by atoms with Crippen LogP contribution in [-0.4, -0.2) is 20.1 Å². The van der Waals surface area contributed by atoms with Gasteiger partial charge in [0.2, 0.25) is 0 Å². The van der Waals surface area contributed by atoms with Crippen LogP contribution in [0.1, 0.15) is 15.9 Å². The van der Waals surface area contributed by atoms with Crippen LogP contribution in [0.15, 0.2) is 36.4 Å². The zero-order valence-electron chi connectivity index (χ0n) is 12.2. The van der Waals surface area contributed by atoms with E-state index in [1.807, 2.05) is 0 Å². The van der Waals surface area contributed by atoms with E-state index in [2.05, 4.69) is 5.32 Å². The summed E-state index contributed by atoms with van der Waals surface area (Å²) in [7, 11) is 3.00. The van der Waals surface area contributed by atoms with E-state index in [0.717, 1.165) is 5.56 Å². The number of nitrogens with one attached hydrogen (secondary N) is 1. The van der Waals surface area contributed by atoms with Crippen LogP contribution in [0.4, 0.5) is 0 Å². The lowest BCUT2D eigenvalue weighted by Gasteiger charge is -2.13. The monoisotopic (exact) mass is 339 g/mol. The van der Waals surface area contributed by atoms with E-state index in [1.165, 1.54) is 14.2 Å². The Morgan fingerprint density at radius 1 is 1.09 bits per heavy atom. The summed E-state index contributed by atoms with van der Waals surface area (Å²) < 4.78 is 10.4. The molecule has 0 aliphatic carbocycles. The second kappa shape index (κ2) is 7.38. The van der Waals surface area contributed by atoms with Crippen molar-refractivity contribution in [3.63, 3.8) is 0 Å². The van der Waals surface area contributed by atoms with Gasteiger partial charge in [0.25, 0.3) is 5.91 Å². The fraction of sp³-hybridized carbons (Fsp3) is 0.188. The summed E-state index contributed by atoms with van der Waals surface area (Å²) in [5, 5.41) is 3.85. The quantitative estimate of drug-likeness (QED) is 0.897. The molecule has 0 fully saturated rings. The average Bonchev–Trinajstić information content (AvgIpc) is 2.52. The van der Waals surface area contributed by atoms with Crippen LogP contribution in [0.25, 0.3) is 0 Å². The van der Waals surface area contributed by atoms with Gasteiger partial charge in [0.1, 0.15) is 17.1 Å². The summed E-state index contributed by atoms with van der Waals surface area (Å²) in [6.45, 7) is 0.274. The van der Waals surface area contributed by atoms with Crippen LogP contribution < -0.4 is 14.8 Å². The number of benzene rings is 2. The molecule has 1 N–H and O–H groups in total. The van der Waals surface area contributed by atoms with Gasteiger partial charge in [0.05, 0.1) is 14.2 Å². The lowest BCUT2D eigenvalue weighted by molar-refractivity contribution is 0.0944. The number of amides is 1. The number of carbonyl (C=O) groups is 1. The van der Waals surface area contributed by atoms with Crippen molar-refractivity contribution in [2.45, 2.75) is 6.54 Å². The van der Waals surface area contributed by atoms with E-state index in [4.69, 9.17) is 32.7 Å². The van der Waals surface area contributed by atoms with Crippen LogP contribution in [-0.2, 0) is 6.54 Å². The van der Waals surface area contributed by atoms with Crippen molar-refractivity contribution in [3.05, 3.63) is 57.6 Å². The van der Waals surface area contributed by atoms with E-state index in [1.54, 1.807) is 36.4 Å². The van der Waals surface area contributed by atoms with Gasteiger partial charge in [-0.15, -0.1) is 0 Å². The molecule has 2 aromatic carbocycles. The first-order valence-electron chi connectivity index (χ1n) is 6.50. The van der Waals surface area contributed by atoms with Gasteiger partial charge in [-0.2, -0.15) is 0 Å². The highest BCUT2D eigenvalue weighted by atomic mass is 35.5. The van der Waals surface area contributed by atoms with Crippen LogP contribution in [0.5, 0.6) is 11.5 Å². The molecule has 0 aliphatic rings. The van der Waals surface area contributed by atoms with Gasteiger partial charge >= 0.3 is 0 Å². The van der Waals surface area contributed by atoms with Crippen LogP contribution in [0, 0.1) is 0 Å². The van der Waals surface area contributed by atoms with Crippen molar-refractivity contribution in [2.24, 2.45) is 0 Å². The highest BCUT2D eigenvalue weighted by Crippen LogP contribution is 2.28. The summed E-state index contributed by atoms with van der Waals surface area (Å²) in [4.78, 5) is 12.4. The standard InChI is InChI=1S/C16H15Cl2NO3/c1-21-13-4-3-5-14(22-2)15(13)16(20)19-9-10-6-7-11(17)8-12(10)18/h3-8H,9H2,1-2H3,(H,19,20). The summed E-state index contributed by atoms with van der Waals surface area (Å²) in [5.41, 5.74) is 1.12. The maximum atomic E-state index is 12.4. The summed E-state index contributed by atoms with van der Waals surface area (Å²) in [6, 6.07) is 10.3. The van der Waals surface area contributed by atoms with E-state index in [0.29, 0.717) is 27.1 Å². The third-order valence-electron chi connectivity index (χ3n) is 3.11. The predicted molar refractivity (Wildman–Crippen MR) is 87.2 cm³/mol. The zero-order chi connectivity index (χ0) is 16.1. The molecular weight excluding hydrogens is 325 g/mol. The van der Waals surface area contributed by atoms with Crippen LogP contribution >= 0.6 is 23.2 Å². The minimum Gasteiger partial charge on any atom is -0.496 e. The molecule has 0 aromatic heterocycles. The number of hydrogen-bond donors (Lipinski definition) is 1. The Kier molecular flexibility index (Phi) is 5.52. The van der Waals surface area contributed by atoms with Gasteiger partial charge in [-0.25, -0.2) is 0 Å². The number of ether oxygens (including phenoxy) is 2. The molecule has 0 spiro atoms. The second-order valence-electron chi connectivity index (χ2n) is 4.46. The molecule has 0 unspecified atom stereocenters. The number of rotatable bonds is 5. The lowest BCUT2D eigenvalue weighted by Crippen LogP contribution is -2.24. The summed E-state index contributed by atoms with van der Waals surface area (Å²) in [6.07, 6.45) is 0. The minimum atomic E-state index is -0.305. The van der Waals surface area contributed by atoms with Gasteiger partial charge < -0.3 is 14.8 Å². The summed E-state index contributed by atoms with van der Waals surface area (Å²) in [5.74, 6) is 0.582. The molecule has 22 heavy (non-hydrogen) atoms. The smallest absolute Gasteiger partial charge is 0.259 e. The summed E-state index contributed by atoms with van der Waals surface area (Å²) >= 11 is 11.9. The number of halogens is 2. The fourth-order valence-corrected chi connectivity index (χ4v) is 2.48. The average molecular weight is 340 g/mol. The first kappa shape index (κ1) is 16.5. The third-order valence-corrected chi connectivity index (χ3v) is 3.70. The van der Waals surface area contributed by atoms with Crippen molar-refractivity contribution in [1.29, 1.82) is 0 Å². The maximum absolute atomic E-state index is 12.4. The second-order valence-corrected chi connectivity index (χ2v) is 5.30. The molecule has 0 bridgehead atoms. The Hall–Kier alpha value is -1.91. The Morgan fingerprint density at radius 2 is 1.73 bits per heavy atom. The van der Waals surface area contributed by atoms with Gasteiger partial charge in [-0.3, -0.25) is 4.79 Å².